The molecule has 0 fully saturated rings. The number of halogens is 1. The molecule has 0 aliphatic rings. The number of rotatable bonds is 30. The van der Waals surface area contributed by atoms with Gasteiger partial charge in [-0.3, -0.25) is 0 Å². The fourth-order valence-corrected chi connectivity index (χ4v) is 5.24. The van der Waals surface area contributed by atoms with Gasteiger partial charge in [0.1, 0.15) is 0 Å². The summed E-state index contributed by atoms with van der Waals surface area (Å²) in [7, 11) is 0. The Morgan fingerprint density at radius 1 is 0.324 bits per heavy atom. The van der Waals surface area contributed by atoms with Gasteiger partial charge in [0.2, 0.25) is 0 Å². The lowest BCUT2D eigenvalue weighted by atomic mass is 10.0. The summed E-state index contributed by atoms with van der Waals surface area (Å²) < 4.78 is 0. The van der Waals surface area contributed by atoms with E-state index < -0.39 is 0 Å². The zero-order valence-electron chi connectivity index (χ0n) is 23.7. The summed E-state index contributed by atoms with van der Waals surface area (Å²) in [5.41, 5.74) is 0. The van der Waals surface area contributed by atoms with Crippen molar-refractivity contribution in [2.75, 3.05) is 5.88 Å². The molecule has 0 N–H and O–H groups in total. The maximum Gasteiger partial charge on any atom is 0.0404 e. The highest BCUT2D eigenvalue weighted by molar-refractivity contribution is 6.18. The Balaban J connectivity index is 3.01. The maximum absolute atomic E-state index is 5.63. The van der Waals surface area contributed by atoms with E-state index in [0.717, 1.165) is 0 Å². The lowest BCUT2D eigenvalue weighted by molar-refractivity contribution is 0.514. The Bertz CT molecular complexity index is 362. The van der Waals surface area contributed by atoms with Crippen molar-refractivity contribution in [2.45, 2.75) is 193 Å². The lowest BCUT2D eigenvalue weighted by Gasteiger charge is -2.04. The van der Waals surface area contributed by atoms with Crippen LogP contribution in [-0.4, -0.2) is 5.88 Å². The topological polar surface area (TPSA) is 0 Å². The smallest absolute Gasteiger partial charge is 0.0404 e. The van der Waals surface area contributed by atoms with Gasteiger partial charge in [0.05, 0.1) is 0 Å². The monoisotopic (exact) mass is 496 g/mol. The molecular formula is C33H65Cl. The van der Waals surface area contributed by atoms with Crippen molar-refractivity contribution in [2.24, 2.45) is 0 Å². The molecule has 0 aliphatic heterocycles. The quantitative estimate of drug-likeness (QED) is 0.0526. The van der Waals surface area contributed by atoms with Gasteiger partial charge in [-0.2, -0.15) is 0 Å². The number of allylic oxidation sites excluding steroid dienone is 2. The second-order valence-electron chi connectivity index (χ2n) is 11.0. The second-order valence-corrected chi connectivity index (χ2v) is 11.3. The van der Waals surface area contributed by atoms with Crippen LogP contribution >= 0.6 is 11.6 Å². The van der Waals surface area contributed by atoms with E-state index in [4.69, 9.17) is 11.6 Å². The molecule has 0 spiro atoms. The van der Waals surface area contributed by atoms with E-state index in [2.05, 4.69) is 19.1 Å². The van der Waals surface area contributed by atoms with Crippen LogP contribution in [0.3, 0.4) is 0 Å². The molecule has 0 aliphatic carbocycles. The SMILES string of the molecule is CCCCCCCCCCCCCCCCCCCCCCCCCCCCCC/C=C/CCl. The van der Waals surface area contributed by atoms with Crippen molar-refractivity contribution < 1.29 is 0 Å². The summed E-state index contributed by atoms with van der Waals surface area (Å²) >= 11 is 5.63. The summed E-state index contributed by atoms with van der Waals surface area (Å²) in [4.78, 5) is 0. The van der Waals surface area contributed by atoms with Crippen molar-refractivity contribution >= 4 is 11.6 Å². The second kappa shape index (κ2) is 33.0. The molecule has 0 rings (SSSR count). The van der Waals surface area contributed by atoms with Gasteiger partial charge in [0.25, 0.3) is 0 Å². The molecule has 34 heavy (non-hydrogen) atoms. The van der Waals surface area contributed by atoms with Crippen LogP contribution in [0.4, 0.5) is 0 Å². The predicted molar refractivity (Wildman–Crippen MR) is 159 cm³/mol. The maximum atomic E-state index is 5.63. The van der Waals surface area contributed by atoms with Crippen LogP contribution in [0.15, 0.2) is 12.2 Å². The fourth-order valence-electron chi connectivity index (χ4n) is 5.11. The van der Waals surface area contributed by atoms with E-state index >= 15 is 0 Å². The Hall–Kier alpha value is 0.0300. The molecule has 0 radical (unpaired) electrons. The molecule has 0 heterocycles. The standard InChI is InChI=1S/C33H65Cl/c1-2-3-4-5-6-7-8-9-10-11-12-13-14-15-16-17-18-19-20-21-22-23-24-25-26-27-28-29-30-31-32-33-34/h31-32H,2-30,33H2,1H3/b32-31+. The van der Waals surface area contributed by atoms with E-state index in [1.165, 1.54) is 186 Å². The zero-order valence-corrected chi connectivity index (χ0v) is 24.5. The first-order valence-corrected chi connectivity index (χ1v) is 16.7. The van der Waals surface area contributed by atoms with E-state index in [1.807, 2.05) is 0 Å². The minimum atomic E-state index is 0.666. The highest BCUT2D eigenvalue weighted by Gasteiger charge is 1.96. The summed E-state index contributed by atoms with van der Waals surface area (Å²) in [6.07, 6.45) is 46.5. The third-order valence-electron chi connectivity index (χ3n) is 7.48. The summed E-state index contributed by atoms with van der Waals surface area (Å²) in [5.74, 6) is 0.666. The van der Waals surface area contributed by atoms with Gasteiger partial charge in [-0.05, 0) is 12.8 Å². The van der Waals surface area contributed by atoms with Gasteiger partial charge in [0.15, 0.2) is 0 Å². The van der Waals surface area contributed by atoms with Crippen LogP contribution in [0.25, 0.3) is 0 Å². The molecule has 0 unspecified atom stereocenters. The molecule has 0 aromatic rings. The Morgan fingerprint density at radius 3 is 0.794 bits per heavy atom. The predicted octanol–water partition coefficient (Wildman–Crippen LogP) is 13.1. The molecule has 0 saturated heterocycles. The van der Waals surface area contributed by atoms with Crippen molar-refractivity contribution in [3.8, 4) is 0 Å². The highest BCUT2D eigenvalue weighted by Crippen LogP contribution is 2.16. The normalized spacial score (nSPS) is 11.7. The molecule has 0 saturated carbocycles. The number of unbranched alkanes of at least 4 members (excludes halogenated alkanes) is 28. The van der Waals surface area contributed by atoms with Crippen LogP contribution in [0.2, 0.25) is 0 Å². The highest BCUT2D eigenvalue weighted by atomic mass is 35.5. The zero-order chi connectivity index (χ0) is 24.6. The van der Waals surface area contributed by atoms with Crippen LogP contribution in [-0.2, 0) is 0 Å². The van der Waals surface area contributed by atoms with Crippen molar-refractivity contribution in [3.63, 3.8) is 0 Å². The summed E-state index contributed by atoms with van der Waals surface area (Å²) in [6, 6.07) is 0. The Kier molecular flexibility index (Phi) is 33.1. The van der Waals surface area contributed by atoms with Crippen LogP contribution < -0.4 is 0 Å². The van der Waals surface area contributed by atoms with Crippen LogP contribution in [0.1, 0.15) is 193 Å². The Labute approximate surface area is 222 Å². The molecule has 0 amide bonds. The fraction of sp³-hybridized carbons (Fsp3) is 0.939. The van der Waals surface area contributed by atoms with E-state index in [-0.39, 0.29) is 0 Å². The molecule has 0 bridgehead atoms. The number of hydrogen-bond donors (Lipinski definition) is 0. The first-order chi connectivity index (χ1) is 16.9. The largest absolute Gasteiger partial charge is 0.122 e. The third kappa shape index (κ3) is 32.0. The first-order valence-electron chi connectivity index (χ1n) is 16.1. The lowest BCUT2D eigenvalue weighted by Crippen LogP contribution is -1.85. The van der Waals surface area contributed by atoms with Crippen molar-refractivity contribution in [1.29, 1.82) is 0 Å². The minimum absolute atomic E-state index is 0.666. The van der Waals surface area contributed by atoms with Gasteiger partial charge in [-0.1, -0.05) is 192 Å². The van der Waals surface area contributed by atoms with Gasteiger partial charge in [0, 0.05) is 5.88 Å². The van der Waals surface area contributed by atoms with Gasteiger partial charge in [-0.25, -0.2) is 0 Å². The number of hydrogen-bond acceptors (Lipinski definition) is 0. The molecule has 0 atom stereocenters. The van der Waals surface area contributed by atoms with Crippen molar-refractivity contribution in [3.05, 3.63) is 12.2 Å². The summed E-state index contributed by atoms with van der Waals surface area (Å²) in [6.45, 7) is 2.30. The van der Waals surface area contributed by atoms with Crippen LogP contribution in [0.5, 0.6) is 0 Å². The molecule has 1 heteroatoms. The van der Waals surface area contributed by atoms with Crippen LogP contribution in [0, 0.1) is 0 Å². The molecule has 204 valence electrons. The minimum Gasteiger partial charge on any atom is -0.122 e. The number of alkyl halides is 1. The average Bonchev–Trinajstić information content (AvgIpc) is 2.85. The van der Waals surface area contributed by atoms with Gasteiger partial charge < -0.3 is 0 Å². The first kappa shape index (κ1) is 34.0. The average molecular weight is 497 g/mol. The molecule has 0 aromatic carbocycles. The molecule has 0 aromatic heterocycles. The van der Waals surface area contributed by atoms with E-state index in [1.54, 1.807) is 0 Å². The summed E-state index contributed by atoms with van der Waals surface area (Å²) in [5, 5.41) is 0. The van der Waals surface area contributed by atoms with E-state index in [9.17, 15) is 0 Å². The third-order valence-corrected chi connectivity index (χ3v) is 7.66. The Morgan fingerprint density at radius 2 is 0.559 bits per heavy atom. The van der Waals surface area contributed by atoms with Crippen molar-refractivity contribution in [1.82, 2.24) is 0 Å². The van der Waals surface area contributed by atoms with Gasteiger partial charge >= 0.3 is 0 Å². The van der Waals surface area contributed by atoms with E-state index in [0.29, 0.717) is 5.88 Å². The molecular weight excluding hydrogens is 432 g/mol. The molecule has 0 nitrogen and oxygen atoms in total. The van der Waals surface area contributed by atoms with Gasteiger partial charge in [-0.15, -0.1) is 11.6 Å².